The molecule has 7 heteroatoms. The second-order valence-electron chi connectivity index (χ2n) is 5.10. The number of hydrogen-bond donors (Lipinski definition) is 2. The van der Waals surface area contributed by atoms with Crippen LogP contribution in [0.1, 0.15) is 10.4 Å². The van der Waals surface area contributed by atoms with Crippen molar-refractivity contribution < 1.29 is 13.4 Å². The second-order valence-corrected chi connectivity index (χ2v) is 6.48. The first kappa shape index (κ1) is 16.1. The van der Waals surface area contributed by atoms with E-state index >= 15 is 0 Å². The maximum Gasteiger partial charge on any atom is 0.259 e. The first-order chi connectivity index (χ1) is 11.5. The Morgan fingerprint density at radius 1 is 1.21 bits per heavy atom. The minimum atomic E-state index is -1.13. The maximum atomic E-state index is 13.0. The first-order valence-corrected chi connectivity index (χ1v) is 8.64. The lowest BCUT2D eigenvalue weighted by molar-refractivity contribution is 0.102. The van der Waals surface area contributed by atoms with Crippen LogP contribution < -0.4 is 5.32 Å². The molecule has 0 spiro atoms. The Labute approximate surface area is 140 Å². The molecule has 0 unspecified atom stereocenters. The number of aromatic nitrogens is 2. The van der Waals surface area contributed by atoms with Crippen LogP contribution in [0, 0.1) is 5.82 Å². The van der Waals surface area contributed by atoms with Crippen molar-refractivity contribution in [3.05, 3.63) is 66.1 Å². The van der Waals surface area contributed by atoms with E-state index in [1.165, 1.54) is 18.3 Å². The fourth-order valence-electron chi connectivity index (χ4n) is 2.25. The van der Waals surface area contributed by atoms with Gasteiger partial charge in [-0.25, -0.2) is 4.39 Å². The number of H-pyrrole nitrogens is 1. The molecule has 122 valence electrons. The van der Waals surface area contributed by atoms with E-state index in [9.17, 15) is 13.4 Å². The monoisotopic (exact) mass is 343 g/mol. The van der Waals surface area contributed by atoms with Crippen LogP contribution in [0.15, 0.2) is 59.6 Å². The van der Waals surface area contributed by atoms with Gasteiger partial charge in [0.2, 0.25) is 0 Å². The second kappa shape index (κ2) is 6.76. The number of carbonyl (C=O) groups excluding carboxylic acids is 1. The summed E-state index contributed by atoms with van der Waals surface area (Å²) in [5.74, 6) is -0.712. The SMILES string of the molecule is C[S@@](=O)c1cccc(NC(=O)c2cn[nH]c2-c2ccc(F)cc2)c1. The van der Waals surface area contributed by atoms with Crippen LogP contribution in [0.5, 0.6) is 0 Å². The molecule has 2 aromatic carbocycles. The molecular formula is C17H14FN3O2S. The average molecular weight is 343 g/mol. The Morgan fingerprint density at radius 3 is 2.67 bits per heavy atom. The molecule has 0 fully saturated rings. The molecule has 1 heterocycles. The van der Waals surface area contributed by atoms with Crippen LogP contribution in [0.4, 0.5) is 10.1 Å². The van der Waals surface area contributed by atoms with Gasteiger partial charge in [-0.2, -0.15) is 5.10 Å². The zero-order valence-corrected chi connectivity index (χ0v) is 13.6. The Bertz CT molecular complexity index is 906. The fraction of sp³-hybridized carbons (Fsp3) is 0.0588. The summed E-state index contributed by atoms with van der Waals surface area (Å²) in [5, 5.41) is 9.41. The van der Waals surface area contributed by atoms with Crippen molar-refractivity contribution in [2.24, 2.45) is 0 Å². The molecule has 0 bridgehead atoms. The Kier molecular flexibility index (Phi) is 4.52. The Morgan fingerprint density at radius 2 is 1.96 bits per heavy atom. The minimum Gasteiger partial charge on any atom is -0.322 e. The zero-order valence-electron chi connectivity index (χ0n) is 12.7. The molecular weight excluding hydrogens is 329 g/mol. The molecule has 0 saturated carbocycles. The van der Waals surface area contributed by atoms with E-state index in [1.54, 1.807) is 42.7 Å². The van der Waals surface area contributed by atoms with E-state index in [0.717, 1.165) is 0 Å². The molecule has 0 radical (unpaired) electrons. The number of anilines is 1. The molecule has 1 atom stereocenters. The number of benzene rings is 2. The van der Waals surface area contributed by atoms with Gasteiger partial charge in [-0.05, 0) is 42.5 Å². The molecule has 24 heavy (non-hydrogen) atoms. The third kappa shape index (κ3) is 3.41. The molecule has 1 amide bonds. The number of carbonyl (C=O) groups is 1. The number of nitrogens with zero attached hydrogens (tertiary/aromatic N) is 1. The molecule has 0 saturated heterocycles. The van der Waals surface area contributed by atoms with E-state index in [2.05, 4.69) is 15.5 Å². The fourth-order valence-corrected chi connectivity index (χ4v) is 2.81. The molecule has 0 aliphatic rings. The quantitative estimate of drug-likeness (QED) is 0.764. The molecule has 1 aromatic heterocycles. The van der Waals surface area contributed by atoms with Crippen molar-refractivity contribution in [1.29, 1.82) is 0 Å². The highest BCUT2D eigenvalue weighted by Gasteiger charge is 2.16. The summed E-state index contributed by atoms with van der Waals surface area (Å²) >= 11 is 0. The van der Waals surface area contributed by atoms with Crippen molar-refractivity contribution in [2.45, 2.75) is 4.90 Å². The summed E-state index contributed by atoms with van der Waals surface area (Å²) in [6.45, 7) is 0. The lowest BCUT2D eigenvalue weighted by Crippen LogP contribution is -2.12. The van der Waals surface area contributed by atoms with E-state index < -0.39 is 10.8 Å². The number of hydrogen-bond acceptors (Lipinski definition) is 3. The van der Waals surface area contributed by atoms with Gasteiger partial charge in [-0.3, -0.25) is 14.1 Å². The van der Waals surface area contributed by atoms with Gasteiger partial charge in [0.15, 0.2) is 0 Å². The molecule has 3 aromatic rings. The standard InChI is InChI=1S/C17H14FN3O2S/c1-24(23)14-4-2-3-13(9-14)20-17(22)15-10-19-21-16(15)11-5-7-12(18)8-6-11/h2-10H,1H3,(H,19,21)(H,20,22)/t24-/m1/s1. The van der Waals surface area contributed by atoms with Gasteiger partial charge < -0.3 is 5.32 Å². The predicted octanol–water partition coefficient (Wildman–Crippen LogP) is 3.21. The van der Waals surface area contributed by atoms with Crippen LogP contribution in [-0.4, -0.2) is 26.6 Å². The lowest BCUT2D eigenvalue weighted by atomic mass is 10.1. The normalized spacial score (nSPS) is 11.9. The van der Waals surface area contributed by atoms with E-state index in [0.29, 0.717) is 27.4 Å². The van der Waals surface area contributed by atoms with Gasteiger partial charge in [-0.1, -0.05) is 6.07 Å². The summed E-state index contributed by atoms with van der Waals surface area (Å²) < 4.78 is 24.6. The van der Waals surface area contributed by atoms with Crippen LogP contribution in [0.3, 0.4) is 0 Å². The van der Waals surface area contributed by atoms with Gasteiger partial charge in [0.05, 0.1) is 17.5 Å². The number of amides is 1. The summed E-state index contributed by atoms with van der Waals surface area (Å²) in [5.41, 5.74) is 2.04. The molecule has 0 aliphatic heterocycles. The van der Waals surface area contributed by atoms with Crippen molar-refractivity contribution in [2.75, 3.05) is 11.6 Å². The van der Waals surface area contributed by atoms with Gasteiger partial charge in [0.1, 0.15) is 5.82 Å². The highest BCUT2D eigenvalue weighted by atomic mass is 32.2. The van der Waals surface area contributed by atoms with Gasteiger partial charge in [0.25, 0.3) is 5.91 Å². The first-order valence-electron chi connectivity index (χ1n) is 7.09. The lowest BCUT2D eigenvalue weighted by Gasteiger charge is -2.07. The average Bonchev–Trinajstić information content (AvgIpc) is 3.05. The maximum absolute atomic E-state index is 13.0. The molecule has 2 N–H and O–H groups in total. The largest absolute Gasteiger partial charge is 0.322 e. The number of aromatic amines is 1. The van der Waals surface area contributed by atoms with E-state index in [-0.39, 0.29) is 11.7 Å². The summed E-state index contributed by atoms with van der Waals surface area (Å²) in [7, 11) is -1.13. The van der Waals surface area contributed by atoms with Crippen LogP contribution in [0.25, 0.3) is 11.3 Å². The van der Waals surface area contributed by atoms with Gasteiger partial charge in [-0.15, -0.1) is 0 Å². The van der Waals surface area contributed by atoms with Crippen molar-refractivity contribution in [3.63, 3.8) is 0 Å². The number of halogens is 1. The molecule has 3 rings (SSSR count). The third-order valence-electron chi connectivity index (χ3n) is 3.44. The van der Waals surface area contributed by atoms with Crippen LogP contribution >= 0.6 is 0 Å². The predicted molar refractivity (Wildman–Crippen MR) is 90.7 cm³/mol. The van der Waals surface area contributed by atoms with E-state index in [1.807, 2.05) is 0 Å². The van der Waals surface area contributed by atoms with Crippen molar-refractivity contribution >= 4 is 22.4 Å². The summed E-state index contributed by atoms with van der Waals surface area (Å²) in [6.07, 6.45) is 2.99. The van der Waals surface area contributed by atoms with Crippen LogP contribution in [0.2, 0.25) is 0 Å². The number of nitrogens with one attached hydrogen (secondary N) is 2. The smallest absolute Gasteiger partial charge is 0.259 e. The van der Waals surface area contributed by atoms with Crippen LogP contribution in [-0.2, 0) is 10.8 Å². The van der Waals surface area contributed by atoms with Crippen molar-refractivity contribution in [1.82, 2.24) is 10.2 Å². The Hall–Kier alpha value is -2.80. The summed E-state index contributed by atoms with van der Waals surface area (Å²) in [6, 6.07) is 12.6. The highest BCUT2D eigenvalue weighted by Crippen LogP contribution is 2.23. The Balaban J connectivity index is 1.86. The van der Waals surface area contributed by atoms with Crippen molar-refractivity contribution in [3.8, 4) is 11.3 Å². The summed E-state index contributed by atoms with van der Waals surface area (Å²) in [4.78, 5) is 13.1. The highest BCUT2D eigenvalue weighted by molar-refractivity contribution is 7.84. The van der Waals surface area contributed by atoms with Gasteiger partial charge in [0, 0.05) is 33.2 Å². The van der Waals surface area contributed by atoms with E-state index in [4.69, 9.17) is 0 Å². The zero-order chi connectivity index (χ0) is 17.1. The molecule has 0 aliphatic carbocycles. The third-order valence-corrected chi connectivity index (χ3v) is 4.36. The molecule has 5 nitrogen and oxygen atoms in total. The topological polar surface area (TPSA) is 74.8 Å². The van der Waals surface area contributed by atoms with Gasteiger partial charge >= 0.3 is 0 Å². The number of rotatable bonds is 4. The minimum absolute atomic E-state index is 0.338.